The molecule has 0 spiro atoms. The zero-order chi connectivity index (χ0) is 9.52. The van der Waals surface area contributed by atoms with Gasteiger partial charge in [0.15, 0.2) is 0 Å². The summed E-state index contributed by atoms with van der Waals surface area (Å²) in [5.74, 6) is 0. The molecule has 1 radical (unpaired) electrons. The lowest BCUT2D eigenvalue weighted by molar-refractivity contribution is 0.314. The first-order valence-corrected chi connectivity index (χ1v) is 4.53. The molecule has 0 atom stereocenters. The van der Waals surface area contributed by atoms with Crippen LogP contribution < -0.4 is 0 Å². The zero-order valence-corrected chi connectivity index (χ0v) is 8.45. The summed E-state index contributed by atoms with van der Waals surface area (Å²) in [5.41, 5.74) is 1.07. The van der Waals surface area contributed by atoms with Gasteiger partial charge in [0.25, 0.3) is 0 Å². The van der Waals surface area contributed by atoms with Crippen LogP contribution in [0.25, 0.3) is 6.08 Å². The van der Waals surface area contributed by atoms with Crippen LogP contribution in [0.15, 0.2) is 34.8 Å². The van der Waals surface area contributed by atoms with Crippen LogP contribution in [-0.2, 0) is 9.53 Å². The van der Waals surface area contributed by atoms with E-state index >= 15 is 0 Å². The summed E-state index contributed by atoms with van der Waals surface area (Å²) in [6, 6.07) is 7.83. The highest BCUT2D eigenvalue weighted by Gasteiger charge is 1.86. The largest absolute Gasteiger partial charge is 0.453 e. The first kappa shape index (κ1) is 9.99. The fourth-order valence-electron chi connectivity index (χ4n) is 0.840. The van der Waals surface area contributed by atoms with E-state index in [-0.39, 0.29) is 6.61 Å². The van der Waals surface area contributed by atoms with Crippen LogP contribution in [0.2, 0.25) is 0 Å². The van der Waals surface area contributed by atoms with E-state index in [1.54, 1.807) is 6.08 Å². The lowest BCUT2D eigenvalue weighted by Crippen LogP contribution is -1.84. The van der Waals surface area contributed by atoms with Crippen molar-refractivity contribution in [1.29, 1.82) is 0 Å². The van der Waals surface area contributed by atoms with Crippen molar-refractivity contribution in [2.75, 3.05) is 6.61 Å². The molecule has 0 fully saturated rings. The second-order valence-corrected chi connectivity index (χ2v) is 3.26. The van der Waals surface area contributed by atoms with Crippen molar-refractivity contribution >= 4 is 28.5 Å². The SMILES string of the molecule is O=[C]OCC=Cc1ccc(Br)cc1. The van der Waals surface area contributed by atoms with Crippen LogP contribution in [0, 0.1) is 0 Å². The van der Waals surface area contributed by atoms with Crippen LogP contribution in [0.5, 0.6) is 0 Å². The first-order valence-electron chi connectivity index (χ1n) is 3.74. The third-order valence-electron chi connectivity index (χ3n) is 1.42. The van der Waals surface area contributed by atoms with E-state index in [9.17, 15) is 4.79 Å². The minimum Gasteiger partial charge on any atom is -0.453 e. The fraction of sp³-hybridized carbons (Fsp3) is 0.100. The molecule has 67 valence electrons. The molecule has 0 aliphatic rings. The normalized spacial score (nSPS) is 10.2. The predicted octanol–water partition coefficient (Wildman–Crippen LogP) is 2.55. The quantitative estimate of drug-likeness (QED) is 0.756. The monoisotopic (exact) mass is 239 g/mol. The molecule has 1 aromatic rings. The Kier molecular flexibility index (Phi) is 4.26. The van der Waals surface area contributed by atoms with Crippen LogP contribution in [0.1, 0.15) is 5.56 Å². The summed E-state index contributed by atoms with van der Waals surface area (Å²) in [6.45, 7) is 1.62. The summed E-state index contributed by atoms with van der Waals surface area (Å²) >= 11 is 3.34. The van der Waals surface area contributed by atoms with Crippen molar-refractivity contribution < 1.29 is 9.53 Å². The van der Waals surface area contributed by atoms with E-state index in [0.717, 1.165) is 10.0 Å². The van der Waals surface area contributed by atoms with Gasteiger partial charge >= 0.3 is 6.47 Å². The first-order chi connectivity index (χ1) is 6.33. The third-order valence-corrected chi connectivity index (χ3v) is 1.95. The topological polar surface area (TPSA) is 26.3 Å². The molecule has 0 aliphatic heterocycles. The van der Waals surface area contributed by atoms with Crippen molar-refractivity contribution in [3.63, 3.8) is 0 Å². The Bertz CT molecular complexity index is 290. The summed E-state index contributed by atoms with van der Waals surface area (Å²) in [7, 11) is 0. The molecule has 13 heavy (non-hydrogen) atoms. The van der Waals surface area contributed by atoms with Gasteiger partial charge in [0.05, 0.1) is 0 Å². The molecule has 0 unspecified atom stereocenters. The molecule has 1 aromatic carbocycles. The number of hydrogen-bond donors (Lipinski definition) is 0. The van der Waals surface area contributed by atoms with Crippen molar-refractivity contribution in [2.45, 2.75) is 0 Å². The Morgan fingerprint density at radius 1 is 1.38 bits per heavy atom. The van der Waals surface area contributed by atoms with Crippen molar-refractivity contribution in [2.24, 2.45) is 0 Å². The summed E-state index contributed by atoms with van der Waals surface area (Å²) in [6.07, 6.45) is 3.64. The highest BCUT2D eigenvalue weighted by Crippen LogP contribution is 2.11. The number of halogens is 1. The Hall–Kier alpha value is -1.09. The smallest absolute Gasteiger partial charge is 0.417 e. The van der Waals surface area contributed by atoms with Gasteiger partial charge in [-0.25, -0.2) is 4.79 Å². The predicted molar refractivity (Wildman–Crippen MR) is 54.8 cm³/mol. The molecule has 2 nitrogen and oxygen atoms in total. The molecule has 0 heterocycles. The number of hydrogen-bond acceptors (Lipinski definition) is 2. The number of benzene rings is 1. The minimum atomic E-state index is 0.263. The molecule has 0 saturated carbocycles. The van der Waals surface area contributed by atoms with Crippen molar-refractivity contribution in [3.8, 4) is 0 Å². The van der Waals surface area contributed by atoms with E-state index in [0.29, 0.717) is 0 Å². The second-order valence-electron chi connectivity index (χ2n) is 2.35. The third kappa shape index (κ3) is 3.90. The molecule has 0 amide bonds. The highest BCUT2D eigenvalue weighted by molar-refractivity contribution is 9.10. The van der Waals surface area contributed by atoms with Gasteiger partial charge in [0, 0.05) is 4.47 Å². The molecule has 1 rings (SSSR count). The lowest BCUT2D eigenvalue weighted by atomic mass is 10.2. The number of ether oxygens (including phenoxy) is 1. The van der Waals surface area contributed by atoms with Gasteiger partial charge in [-0.3, -0.25) is 0 Å². The summed E-state index contributed by atoms with van der Waals surface area (Å²) < 4.78 is 5.42. The van der Waals surface area contributed by atoms with Gasteiger partial charge in [0.1, 0.15) is 6.61 Å². The van der Waals surface area contributed by atoms with E-state index < -0.39 is 0 Å². The average Bonchev–Trinajstić information content (AvgIpc) is 2.15. The molecule has 0 bridgehead atoms. The van der Waals surface area contributed by atoms with Crippen molar-refractivity contribution in [1.82, 2.24) is 0 Å². The van der Waals surface area contributed by atoms with Gasteiger partial charge in [-0.05, 0) is 23.8 Å². The van der Waals surface area contributed by atoms with Gasteiger partial charge in [-0.1, -0.05) is 34.1 Å². The standard InChI is InChI=1S/C10H8BrO2/c11-10-5-3-9(4-6-10)2-1-7-13-8-12/h1-6H,7H2. The summed E-state index contributed by atoms with van der Waals surface area (Å²) in [5, 5.41) is 0. The molecular formula is C10H8BrO2. The average molecular weight is 240 g/mol. The zero-order valence-electron chi connectivity index (χ0n) is 6.87. The molecule has 3 heteroatoms. The van der Waals surface area contributed by atoms with E-state index in [2.05, 4.69) is 20.7 Å². The minimum absolute atomic E-state index is 0.263. The van der Waals surface area contributed by atoms with Crippen molar-refractivity contribution in [3.05, 3.63) is 40.4 Å². The van der Waals surface area contributed by atoms with Gasteiger partial charge in [-0.2, -0.15) is 0 Å². The summed E-state index contributed by atoms with van der Waals surface area (Å²) in [4.78, 5) is 9.67. The Morgan fingerprint density at radius 3 is 2.69 bits per heavy atom. The molecule has 0 aromatic heterocycles. The highest BCUT2D eigenvalue weighted by atomic mass is 79.9. The van der Waals surface area contributed by atoms with Crippen LogP contribution >= 0.6 is 15.9 Å². The van der Waals surface area contributed by atoms with Gasteiger partial charge in [-0.15, -0.1) is 0 Å². The van der Waals surface area contributed by atoms with Gasteiger partial charge in [0.2, 0.25) is 0 Å². The molecule has 0 saturated heterocycles. The maximum absolute atomic E-state index is 9.67. The van der Waals surface area contributed by atoms with E-state index in [1.807, 2.05) is 30.3 Å². The lowest BCUT2D eigenvalue weighted by Gasteiger charge is -1.93. The Balaban J connectivity index is 2.49. The maximum Gasteiger partial charge on any atom is 0.417 e. The van der Waals surface area contributed by atoms with E-state index in [4.69, 9.17) is 0 Å². The molecule has 0 aliphatic carbocycles. The Morgan fingerprint density at radius 2 is 2.08 bits per heavy atom. The number of rotatable bonds is 4. The molecular weight excluding hydrogens is 232 g/mol. The Labute approximate surface area is 85.3 Å². The van der Waals surface area contributed by atoms with Crippen LogP contribution in [-0.4, -0.2) is 13.1 Å². The second kappa shape index (κ2) is 5.54. The maximum atomic E-state index is 9.67. The van der Waals surface area contributed by atoms with Gasteiger partial charge < -0.3 is 4.74 Å². The number of carbonyl (C=O) groups excluding carboxylic acids is 1. The fourth-order valence-corrected chi connectivity index (χ4v) is 1.10. The van der Waals surface area contributed by atoms with E-state index in [1.165, 1.54) is 6.47 Å². The van der Waals surface area contributed by atoms with Crippen LogP contribution in [0.4, 0.5) is 0 Å². The van der Waals surface area contributed by atoms with Crippen LogP contribution in [0.3, 0.4) is 0 Å². The molecule has 0 N–H and O–H groups in total.